The van der Waals surface area contributed by atoms with Gasteiger partial charge >= 0.3 is 0 Å². The highest BCUT2D eigenvalue weighted by Crippen LogP contribution is 2.35. The van der Waals surface area contributed by atoms with Crippen LogP contribution < -0.4 is 4.74 Å². The fourth-order valence-corrected chi connectivity index (χ4v) is 2.66. The number of hydrogen-bond acceptors (Lipinski definition) is 3. The summed E-state index contributed by atoms with van der Waals surface area (Å²) >= 11 is 12.0. The molecule has 1 aromatic heterocycles. The first-order valence-electron chi connectivity index (χ1n) is 7.13. The minimum Gasteiger partial charge on any atom is -0.480 e. The molecule has 0 aliphatic carbocycles. The molecule has 3 aromatic rings. The van der Waals surface area contributed by atoms with Gasteiger partial charge in [-0.25, -0.2) is 4.98 Å². The molecular formula is C19H12Cl2N2O. The van der Waals surface area contributed by atoms with E-state index in [9.17, 15) is 5.26 Å². The van der Waals surface area contributed by atoms with Gasteiger partial charge in [-0.1, -0.05) is 47.5 Å². The zero-order valence-corrected chi connectivity index (χ0v) is 14.3. The molecule has 5 heteroatoms. The maximum absolute atomic E-state index is 9.35. The molecule has 0 atom stereocenters. The van der Waals surface area contributed by atoms with Gasteiger partial charge in [0.15, 0.2) is 0 Å². The number of pyridine rings is 1. The van der Waals surface area contributed by atoms with Crippen molar-refractivity contribution in [2.45, 2.75) is 0 Å². The molecule has 0 unspecified atom stereocenters. The van der Waals surface area contributed by atoms with Crippen LogP contribution in [0.2, 0.25) is 10.0 Å². The van der Waals surface area contributed by atoms with Gasteiger partial charge < -0.3 is 4.74 Å². The molecule has 0 fully saturated rings. The van der Waals surface area contributed by atoms with Gasteiger partial charge in [0.1, 0.15) is 11.6 Å². The van der Waals surface area contributed by atoms with Crippen molar-refractivity contribution in [1.82, 2.24) is 4.98 Å². The van der Waals surface area contributed by atoms with Crippen LogP contribution in [0.1, 0.15) is 5.56 Å². The van der Waals surface area contributed by atoms with Gasteiger partial charge in [0, 0.05) is 21.2 Å². The van der Waals surface area contributed by atoms with Crippen molar-refractivity contribution in [2.24, 2.45) is 0 Å². The van der Waals surface area contributed by atoms with E-state index in [1.165, 1.54) is 7.11 Å². The van der Waals surface area contributed by atoms with Gasteiger partial charge in [0.2, 0.25) is 5.88 Å². The van der Waals surface area contributed by atoms with Crippen LogP contribution in [-0.2, 0) is 0 Å². The lowest BCUT2D eigenvalue weighted by molar-refractivity contribution is 0.397. The van der Waals surface area contributed by atoms with Gasteiger partial charge in [0.05, 0.1) is 12.8 Å². The summed E-state index contributed by atoms with van der Waals surface area (Å²) in [4.78, 5) is 4.54. The predicted octanol–water partition coefficient (Wildman–Crippen LogP) is 5.60. The lowest BCUT2D eigenvalue weighted by Crippen LogP contribution is -1.97. The van der Waals surface area contributed by atoms with Gasteiger partial charge in [0.25, 0.3) is 0 Å². The van der Waals surface area contributed by atoms with Crippen LogP contribution >= 0.6 is 23.2 Å². The van der Waals surface area contributed by atoms with E-state index in [-0.39, 0.29) is 0 Å². The van der Waals surface area contributed by atoms with E-state index >= 15 is 0 Å². The molecule has 0 amide bonds. The zero-order valence-electron chi connectivity index (χ0n) is 12.8. The third kappa shape index (κ3) is 3.21. The van der Waals surface area contributed by atoms with Crippen LogP contribution in [0.3, 0.4) is 0 Å². The molecule has 0 aliphatic rings. The van der Waals surface area contributed by atoms with E-state index in [0.29, 0.717) is 27.2 Å². The van der Waals surface area contributed by atoms with Gasteiger partial charge in [-0.2, -0.15) is 5.26 Å². The number of aromatic nitrogens is 1. The fourth-order valence-electron chi connectivity index (χ4n) is 2.41. The van der Waals surface area contributed by atoms with Crippen molar-refractivity contribution < 1.29 is 4.74 Å². The Kier molecular flexibility index (Phi) is 4.71. The molecule has 0 radical (unpaired) electrons. The number of nitrogens with zero attached hydrogens (tertiary/aromatic N) is 2. The Morgan fingerprint density at radius 1 is 0.917 bits per heavy atom. The van der Waals surface area contributed by atoms with E-state index < -0.39 is 0 Å². The fraction of sp³-hybridized carbons (Fsp3) is 0.0526. The SMILES string of the molecule is COc1nc(-c2ccc(Cl)cc2)c(-c2ccc(Cl)cc2)cc1C#N. The predicted molar refractivity (Wildman–Crippen MR) is 96.4 cm³/mol. The summed E-state index contributed by atoms with van der Waals surface area (Å²) in [6.45, 7) is 0. The lowest BCUT2D eigenvalue weighted by Gasteiger charge is -2.13. The average Bonchev–Trinajstić information content (AvgIpc) is 2.62. The quantitative estimate of drug-likeness (QED) is 0.614. The summed E-state index contributed by atoms with van der Waals surface area (Å²) in [5, 5.41) is 10.6. The zero-order chi connectivity index (χ0) is 17.1. The van der Waals surface area contributed by atoms with Crippen LogP contribution in [0, 0.1) is 11.3 Å². The van der Waals surface area contributed by atoms with Crippen molar-refractivity contribution in [3.8, 4) is 34.3 Å². The number of methoxy groups -OCH3 is 1. The third-order valence-corrected chi connectivity index (χ3v) is 4.08. The summed E-state index contributed by atoms with van der Waals surface area (Å²) in [6, 6.07) is 18.7. The molecule has 0 saturated carbocycles. The Balaban J connectivity index is 2.27. The number of benzene rings is 2. The summed E-state index contributed by atoms with van der Waals surface area (Å²) in [5.41, 5.74) is 3.71. The molecule has 2 aromatic carbocycles. The molecule has 1 heterocycles. The van der Waals surface area contributed by atoms with Crippen LogP contribution in [0.25, 0.3) is 22.4 Å². The molecule has 0 aliphatic heterocycles. The molecule has 0 saturated heterocycles. The van der Waals surface area contributed by atoms with Gasteiger partial charge in [-0.3, -0.25) is 0 Å². The second kappa shape index (κ2) is 6.92. The minimum absolute atomic E-state index is 0.292. The molecular weight excluding hydrogens is 343 g/mol. The average molecular weight is 355 g/mol. The number of ether oxygens (including phenoxy) is 1. The van der Waals surface area contributed by atoms with Crippen molar-refractivity contribution >= 4 is 23.2 Å². The highest BCUT2D eigenvalue weighted by atomic mass is 35.5. The normalized spacial score (nSPS) is 10.2. The molecule has 3 nitrogen and oxygen atoms in total. The van der Waals surface area contributed by atoms with Crippen molar-refractivity contribution in [3.05, 3.63) is 70.2 Å². The standard InChI is InChI=1S/C19H12Cl2N2O/c1-24-19-14(11-22)10-17(12-2-6-15(20)7-3-12)18(23-19)13-4-8-16(21)9-5-13/h2-10H,1H3. The first-order valence-corrected chi connectivity index (χ1v) is 7.89. The molecule has 118 valence electrons. The molecule has 0 spiro atoms. The lowest BCUT2D eigenvalue weighted by atomic mass is 9.98. The van der Waals surface area contributed by atoms with Gasteiger partial charge in [-0.15, -0.1) is 0 Å². The number of halogens is 2. The molecule has 0 bridgehead atoms. The third-order valence-electron chi connectivity index (χ3n) is 3.57. The van der Waals surface area contributed by atoms with Crippen LogP contribution in [-0.4, -0.2) is 12.1 Å². The Morgan fingerprint density at radius 2 is 1.46 bits per heavy atom. The summed E-state index contributed by atoms with van der Waals surface area (Å²) in [7, 11) is 1.50. The highest BCUT2D eigenvalue weighted by molar-refractivity contribution is 6.31. The summed E-state index contributed by atoms with van der Waals surface area (Å²) in [6.07, 6.45) is 0. The minimum atomic E-state index is 0.292. The van der Waals surface area contributed by atoms with E-state index in [2.05, 4.69) is 11.1 Å². The first kappa shape index (κ1) is 16.3. The Bertz CT molecular complexity index is 914. The van der Waals surface area contributed by atoms with Crippen molar-refractivity contribution in [2.75, 3.05) is 7.11 Å². The second-order valence-electron chi connectivity index (χ2n) is 5.07. The first-order chi connectivity index (χ1) is 11.6. The van der Waals surface area contributed by atoms with E-state index in [4.69, 9.17) is 27.9 Å². The van der Waals surface area contributed by atoms with Crippen molar-refractivity contribution in [1.29, 1.82) is 5.26 Å². The van der Waals surface area contributed by atoms with E-state index in [1.54, 1.807) is 30.3 Å². The number of hydrogen-bond donors (Lipinski definition) is 0. The number of rotatable bonds is 3. The van der Waals surface area contributed by atoms with Crippen molar-refractivity contribution in [3.63, 3.8) is 0 Å². The van der Waals surface area contributed by atoms with Gasteiger partial charge in [-0.05, 0) is 35.9 Å². The maximum atomic E-state index is 9.35. The van der Waals surface area contributed by atoms with E-state index in [1.807, 2.05) is 24.3 Å². The topological polar surface area (TPSA) is 45.9 Å². The number of nitriles is 1. The van der Waals surface area contributed by atoms with Crippen LogP contribution in [0.5, 0.6) is 5.88 Å². The maximum Gasteiger partial charge on any atom is 0.232 e. The Labute approximate surface area is 150 Å². The van der Waals surface area contributed by atoms with Crippen LogP contribution in [0.4, 0.5) is 0 Å². The summed E-state index contributed by atoms with van der Waals surface area (Å²) < 4.78 is 5.25. The molecule has 3 rings (SSSR count). The monoisotopic (exact) mass is 354 g/mol. The molecule has 24 heavy (non-hydrogen) atoms. The Hall–Kier alpha value is -2.54. The second-order valence-corrected chi connectivity index (χ2v) is 5.94. The van der Waals surface area contributed by atoms with Crippen LogP contribution in [0.15, 0.2) is 54.6 Å². The highest BCUT2D eigenvalue weighted by Gasteiger charge is 2.15. The Morgan fingerprint density at radius 3 is 1.96 bits per heavy atom. The smallest absolute Gasteiger partial charge is 0.232 e. The molecule has 0 N–H and O–H groups in total. The summed E-state index contributed by atoms with van der Waals surface area (Å²) in [5.74, 6) is 0.292. The van der Waals surface area contributed by atoms with E-state index in [0.717, 1.165) is 16.7 Å². The largest absolute Gasteiger partial charge is 0.480 e.